The normalized spacial score (nSPS) is 19.3. The van der Waals surface area contributed by atoms with Gasteiger partial charge in [-0.2, -0.15) is 8.42 Å². The fraction of sp³-hybridized carbons (Fsp3) is 0.407. The number of aromatic amines is 1. The minimum absolute atomic E-state index is 0.0332. The summed E-state index contributed by atoms with van der Waals surface area (Å²) in [6.07, 6.45) is 3.20. The third kappa shape index (κ3) is 6.14. The van der Waals surface area contributed by atoms with Gasteiger partial charge >= 0.3 is 5.97 Å². The number of para-hydroxylation sites is 1. The highest BCUT2D eigenvalue weighted by molar-refractivity contribution is 7.85. The maximum Gasteiger partial charge on any atom is 0.314 e. The van der Waals surface area contributed by atoms with Gasteiger partial charge < -0.3 is 14.6 Å². The molecule has 8 nitrogen and oxygen atoms in total. The molecule has 1 N–H and O–H groups in total. The van der Waals surface area contributed by atoms with E-state index in [1.165, 1.54) is 7.11 Å². The topological polar surface area (TPSA) is 106 Å². The number of esters is 1. The number of aromatic nitrogens is 1. The molecule has 1 aliphatic rings. The summed E-state index contributed by atoms with van der Waals surface area (Å²) in [6, 6.07) is 17.0. The molecular weight excluding hydrogens is 480 g/mol. The molecule has 2 aromatic carbocycles. The minimum atomic E-state index is -3.64. The number of H-pyrrole nitrogens is 1. The van der Waals surface area contributed by atoms with E-state index in [2.05, 4.69) is 4.98 Å². The van der Waals surface area contributed by atoms with Crippen molar-refractivity contribution >= 4 is 32.9 Å². The van der Waals surface area contributed by atoms with Gasteiger partial charge in [-0.15, -0.1) is 0 Å². The molecule has 0 aliphatic carbocycles. The Kier molecular flexibility index (Phi) is 8.11. The molecule has 0 radical (unpaired) electrons. The van der Waals surface area contributed by atoms with Gasteiger partial charge in [-0.3, -0.25) is 13.8 Å². The maximum absolute atomic E-state index is 13.4. The average molecular weight is 513 g/mol. The number of ether oxygens (including phenoxy) is 1. The molecule has 192 valence electrons. The van der Waals surface area contributed by atoms with Crippen LogP contribution >= 0.6 is 0 Å². The summed E-state index contributed by atoms with van der Waals surface area (Å²) in [5.41, 5.74) is 3.24. The summed E-state index contributed by atoms with van der Waals surface area (Å²) >= 11 is 0. The Labute approximate surface area is 211 Å². The first-order valence-corrected chi connectivity index (χ1v) is 13.9. The average Bonchev–Trinajstić information content (AvgIpc) is 3.22. The Bertz CT molecular complexity index is 1320. The van der Waals surface area contributed by atoms with Crippen molar-refractivity contribution in [2.24, 2.45) is 5.92 Å². The van der Waals surface area contributed by atoms with Crippen LogP contribution in [0.1, 0.15) is 46.8 Å². The van der Waals surface area contributed by atoms with Crippen LogP contribution in [0.15, 0.2) is 54.6 Å². The first-order valence-electron chi connectivity index (χ1n) is 12.1. The number of fused-ring (bicyclic) bond motifs is 3. The molecular formula is C27H32N2O6S. The van der Waals surface area contributed by atoms with Crippen LogP contribution in [0.2, 0.25) is 0 Å². The summed E-state index contributed by atoms with van der Waals surface area (Å²) in [5, 5.41) is 0.997. The summed E-state index contributed by atoms with van der Waals surface area (Å²) < 4.78 is 33.8. The van der Waals surface area contributed by atoms with E-state index < -0.39 is 16.0 Å². The molecule has 9 heteroatoms. The predicted molar refractivity (Wildman–Crippen MR) is 137 cm³/mol. The first kappa shape index (κ1) is 25.9. The van der Waals surface area contributed by atoms with E-state index in [0.29, 0.717) is 44.3 Å². The highest BCUT2D eigenvalue weighted by Gasteiger charge is 2.32. The van der Waals surface area contributed by atoms with Crippen molar-refractivity contribution in [1.82, 2.24) is 9.88 Å². The molecule has 1 unspecified atom stereocenters. The molecule has 0 spiro atoms. The number of carbonyl (C=O) groups is 2. The fourth-order valence-corrected chi connectivity index (χ4v) is 5.42. The zero-order valence-corrected chi connectivity index (χ0v) is 21.4. The van der Waals surface area contributed by atoms with Crippen LogP contribution in [-0.4, -0.2) is 63.2 Å². The highest BCUT2D eigenvalue weighted by Crippen LogP contribution is 2.35. The van der Waals surface area contributed by atoms with E-state index in [-0.39, 0.29) is 24.4 Å². The van der Waals surface area contributed by atoms with Gasteiger partial charge in [0.1, 0.15) is 0 Å². The second-order valence-corrected chi connectivity index (χ2v) is 10.9. The van der Waals surface area contributed by atoms with Gasteiger partial charge in [-0.25, -0.2) is 0 Å². The molecule has 36 heavy (non-hydrogen) atoms. The van der Waals surface area contributed by atoms with Gasteiger partial charge in [0.2, 0.25) is 0 Å². The lowest BCUT2D eigenvalue weighted by molar-refractivity contribution is -0.143. The standard InChI is InChI=1S/C27H32N2O6S/c1-34-27(31)23-17-19(18-35-36(2,32)33)9-8-15-29(26(30)20-10-4-3-5-11-20)16-14-22-21-12-6-7-13-24(21)28-25(22)23/h3-7,10-13,19,23,28H,8-9,14-18H2,1-2H3/t19-,23?/m0/s1. The second kappa shape index (κ2) is 11.3. The second-order valence-electron chi connectivity index (χ2n) is 9.28. The number of methoxy groups -OCH3 is 1. The van der Waals surface area contributed by atoms with Crippen LogP contribution < -0.4 is 0 Å². The monoisotopic (exact) mass is 512 g/mol. The molecule has 4 rings (SSSR count). The third-order valence-corrected chi connectivity index (χ3v) is 7.31. The molecule has 0 fully saturated rings. The number of nitrogens with one attached hydrogen (secondary N) is 1. The van der Waals surface area contributed by atoms with E-state index in [0.717, 1.165) is 28.4 Å². The lowest BCUT2D eigenvalue weighted by atomic mass is 9.87. The highest BCUT2D eigenvalue weighted by atomic mass is 32.2. The van der Waals surface area contributed by atoms with Gasteiger partial charge in [0.15, 0.2) is 0 Å². The number of benzene rings is 2. The van der Waals surface area contributed by atoms with Crippen LogP contribution in [0.3, 0.4) is 0 Å². The molecule has 1 amide bonds. The Morgan fingerprint density at radius 2 is 1.78 bits per heavy atom. The number of carbonyl (C=O) groups excluding carboxylic acids is 2. The molecule has 1 aromatic heterocycles. The van der Waals surface area contributed by atoms with Crippen molar-refractivity contribution in [2.45, 2.75) is 31.6 Å². The molecule has 0 saturated heterocycles. The minimum Gasteiger partial charge on any atom is -0.469 e. The van der Waals surface area contributed by atoms with Gasteiger partial charge in [0.05, 0.1) is 25.9 Å². The lowest BCUT2D eigenvalue weighted by Gasteiger charge is -2.24. The smallest absolute Gasteiger partial charge is 0.314 e. The molecule has 3 aromatic rings. The van der Waals surface area contributed by atoms with E-state index in [1.54, 1.807) is 12.1 Å². The third-order valence-electron chi connectivity index (χ3n) is 6.75. The van der Waals surface area contributed by atoms with Crippen molar-refractivity contribution in [2.75, 3.05) is 33.1 Å². The number of hydrogen-bond acceptors (Lipinski definition) is 6. The van der Waals surface area contributed by atoms with E-state index in [9.17, 15) is 18.0 Å². The van der Waals surface area contributed by atoms with Crippen LogP contribution in [-0.2, 0) is 30.3 Å². The zero-order chi connectivity index (χ0) is 25.7. The number of rotatable bonds is 5. The van der Waals surface area contributed by atoms with Crippen molar-refractivity contribution in [1.29, 1.82) is 0 Å². The van der Waals surface area contributed by atoms with Crippen LogP contribution in [0.25, 0.3) is 10.9 Å². The molecule has 2 atom stereocenters. The summed E-state index contributed by atoms with van der Waals surface area (Å²) in [6.45, 7) is 0.971. The van der Waals surface area contributed by atoms with E-state index in [1.807, 2.05) is 47.4 Å². The SMILES string of the molecule is COC(=O)C1C[C@@H](COS(C)(=O)=O)CCCN(C(=O)c2ccccc2)CCc2c1[nH]c1ccccc21. The number of amides is 1. The van der Waals surface area contributed by atoms with E-state index >= 15 is 0 Å². The fourth-order valence-electron chi connectivity index (χ4n) is 4.98. The molecule has 2 heterocycles. The summed E-state index contributed by atoms with van der Waals surface area (Å²) in [4.78, 5) is 31.6. The van der Waals surface area contributed by atoms with Gasteiger partial charge in [-0.1, -0.05) is 36.4 Å². The Hall–Kier alpha value is -3.17. The lowest BCUT2D eigenvalue weighted by Crippen LogP contribution is -2.34. The molecule has 0 saturated carbocycles. The van der Waals surface area contributed by atoms with Crippen molar-refractivity contribution in [3.05, 3.63) is 71.4 Å². The Morgan fingerprint density at radius 3 is 2.50 bits per heavy atom. The van der Waals surface area contributed by atoms with Crippen molar-refractivity contribution in [3.63, 3.8) is 0 Å². The Morgan fingerprint density at radius 1 is 1.06 bits per heavy atom. The van der Waals surface area contributed by atoms with Crippen LogP contribution in [0.5, 0.6) is 0 Å². The van der Waals surface area contributed by atoms with E-state index in [4.69, 9.17) is 8.92 Å². The van der Waals surface area contributed by atoms with Crippen LogP contribution in [0, 0.1) is 5.92 Å². The summed E-state index contributed by atoms with van der Waals surface area (Å²) in [7, 11) is -2.28. The quantitative estimate of drug-likeness (QED) is 0.411. The van der Waals surface area contributed by atoms with Crippen molar-refractivity contribution in [3.8, 4) is 0 Å². The molecule has 1 aliphatic heterocycles. The van der Waals surface area contributed by atoms with Crippen molar-refractivity contribution < 1.29 is 26.9 Å². The molecule has 0 bridgehead atoms. The first-order chi connectivity index (χ1) is 17.3. The number of hydrogen-bond donors (Lipinski definition) is 1. The largest absolute Gasteiger partial charge is 0.469 e. The van der Waals surface area contributed by atoms with Gasteiger partial charge in [-0.05, 0) is 55.4 Å². The number of nitrogens with zero attached hydrogens (tertiary/aromatic N) is 1. The van der Waals surface area contributed by atoms with Crippen LogP contribution in [0.4, 0.5) is 0 Å². The maximum atomic E-state index is 13.4. The van der Waals surface area contributed by atoms with Gasteiger partial charge in [0.25, 0.3) is 16.0 Å². The summed E-state index contributed by atoms with van der Waals surface area (Å²) in [5.74, 6) is -1.27. The predicted octanol–water partition coefficient (Wildman–Crippen LogP) is 3.89. The Balaban J connectivity index is 1.74. The zero-order valence-electron chi connectivity index (χ0n) is 20.6. The van der Waals surface area contributed by atoms with Gasteiger partial charge in [0, 0.05) is 35.2 Å².